The number of rotatable bonds is 16. The SMILES string of the molecule is C/C=C\c1c(C)ccc2c1C(C)(C)/C(=C\C=C1/CC(C(=O)OCC)CC(/C=C/C3=[O+]c4ccc5ccccc5c4C3(C)C)=C1Sc1ccc(N)cc1)N2CCCCS.CC.NCCCCSO. The molecule has 1 aliphatic carbocycles. The summed E-state index contributed by atoms with van der Waals surface area (Å²) in [6, 6.07) is 25.3. The van der Waals surface area contributed by atoms with Crippen molar-refractivity contribution in [3.63, 3.8) is 0 Å². The minimum Gasteiger partial charge on any atom is -0.466 e. The van der Waals surface area contributed by atoms with E-state index in [0.29, 0.717) is 19.4 Å². The number of carbonyl (C=O) groups is 1. The van der Waals surface area contributed by atoms with Crippen LogP contribution in [0.15, 0.2) is 130 Å². The average Bonchev–Trinajstić information content (AvgIpc) is 3.71. The van der Waals surface area contributed by atoms with Crippen LogP contribution >= 0.6 is 36.4 Å². The van der Waals surface area contributed by atoms with E-state index in [-0.39, 0.29) is 22.7 Å². The van der Waals surface area contributed by atoms with Gasteiger partial charge in [-0.15, -0.1) is 0 Å². The highest BCUT2D eigenvalue weighted by Gasteiger charge is 2.47. The highest BCUT2D eigenvalue weighted by molar-refractivity contribution is 8.03. The molecule has 10 heteroatoms. The fraction of sp³-hybridized carbons (Fsp3) is 0.404. The van der Waals surface area contributed by atoms with E-state index in [1.807, 2.05) is 32.9 Å². The molecule has 358 valence electrons. The third-order valence-electron chi connectivity index (χ3n) is 12.6. The van der Waals surface area contributed by atoms with Crippen molar-refractivity contribution in [3.05, 3.63) is 147 Å². The van der Waals surface area contributed by atoms with Gasteiger partial charge in [0.1, 0.15) is 5.41 Å². The summed E-state index contributed by atoms with van der Waals surface area (Å²) in [6.07, 6.45) is 18.6. The zero-order valence-electron chi connectivity index (χ0n) is 41.3. The molecule has 2 aliphatic heterocycles. The number of carbonyl (C=O) groups excluding carboxylic acids is 2. The largest absolute Gasteiger partial charge is 0.466 e. The molecule has 0 bridgehead atoms. The lowest BCUT2D eigenvalue weighted by Crippen LogP contribution is -2.27. The fourth-order valence-electron chi connectivity index (χ4n) is 9.24. The van der Waals surface area contributed by atoms with Crippen molar-refractivity contribution >= 4 is 76.4 Å². The first-order valence-electron chi connectivity index (χ1n) is 24.0. The maximum atomic E-state index is 13.7. The number of nitrogen functional groups attached to an aromatic ring is 1. The van der Waals surface area contributed by atoms with Crippen LogP contribution in [0, 0.1) is 12.8 Å². The van der Waals surface area contributed by atoms with E-state index in [1.54, 1.807) is 11.8 Å². The number of thiol groups is 1. The molecule has 7 rings (SSSR count). The molecule has 5 N–H and O–H groups in total. The summed E-state index contributed by atoms with van der Waals surface area (Å²) < 4.78 is 20.5. The Labute approximate surface area is 415 Å². The lowest BCUT2D eigenvalue weighted by molar-refractivity contribution is -0.362. The molecule has 7 nitrogen and oxygen atoms in total. The number of anilines is 2. The number of benzene rings is 4. The Hall–Kier alpha value is -4.45. The van der Waals surface area contributed by atoms with Crippen LogP contribution in [0.4, 0.5) is 11.4 Å². The molecular formula is C57H74N3O4S3+. The number of unbranched alkanes of at least 4 members (excludes halogenated alkanes) is 2. The summed E-state index contributed by atoms with van der Waals surface area (Å²) in [4.78, 5) is 18.4. The van der Waals surface area contributed by atoms with Gasteiger partial charge in [0.2, 0.25) is 0 Å². The van der Waals surface area contributed by atoms with E-state index in [9.17, 15) is 4.79 Å². The Morgan fingerprint density at radius 2 is 1.66 bits per heavy atom. The first kappa shape index (κ1) is 53.5. The molecule has 3 aliphatic rings. The van der Waals surface area contributed by atoms with Gasteiger partial charge in [0.25, 0.3) is 0 Å². The minimum atomic E-state index is -0.362. The quantitative estimate of drug-likeness (QED) is 0.0167. The highest BCUT2D eigenvalue weighted by atomic mass is 32.2. The van der Waals surface area contributed by atoms with E-state index in [0.717, 1.165) is 100 Å². The maximum absolute atomic E-state index is 13.7. The third-order valence-corrected chi connectivity index (χ3v) is 14.6. The van der Waals surface area contributed by atoms with Crippen molar-refractivity contribution in [1.82, 2.24) is 0 Å². The number of hydrogen-bond donors (Lipinski definition) is 4. The van der Waals surface area contributed by atoms with Crippen molar-refractivity contribution in [1.29, 1.82) is 0 Å². The van der Waals surface area contributed by atoms with Crippen LogP contribution < -0.4 is 16.4 Å². The molecule has 4 aromatic carbocycles. The zero-order valence-corrected chi connectivity index (χ0v) is 43.8. The number of nitrogens with two attached hydrogens (primary N) is 2. The molecule has 0 aromatic heterocycles. The lowest BCUT2D eigenvalue weighted by atomic mass is 9.78. The Balaban J connectivity index is 0.000000855. The van der Waals surface area contributed by atoms with Gasteiger partial charge in [-0.2, -0.15) is 12.6 Å². The number of nitrogens with zero attached hydrogens (tertiary/aromatic N) is 1. The Morgan fingerprint density at radius 3 is 2.34 bits per heavy atom. The molecule has 2 heterocycles. The summed E-state index contributed by atoms with van der Waals surface area (Å²) >= 11 is 7.16. The lowest BCUT2D eigenvalue weighted by Gasteiger charge is -2.29. The predicted octanol–water partition coefficient (Wildman–Crippen LogP) is 14.7. The molecule has 0 amide bonds. The van der Waals surface area contributed by atoms with Crippen molar-refractivity contribution in [2.75, 3.05) is 41.8 Å². The normalized spacial score (nSPS) is 18.2. The number of thioether (sulfide) groups is 1. The molecule has 67 heavy (non-hydrogen) atoms. The number of ether oxygens (including phenoxy) is 1. The van der Waals surface area contributed by atoms with Crippen LogP contribution in [0.1, 0.15) is 116 Å². The number of fused-ring (bicyclic) bond motifs is 4. The van der Waals surface area contributed by atoms with Crippen LogP contribution in [0.5, 0.6) is 5.75 Å². The van der Waals surface area contributed by atoms with Crippen LogP contribution in [0.3, 0.4) is 0 Å². The van der Waals surface area contributed by atoms with Gasteiger partial charge in [0.15, 0.2) is 0 Å². The molecule has 0 fully saturated rings. The number of esters is 1. The molecule has 0 saturated heterocycles. The van der Waals surface area contributed by atoms with Crippen LogP contribution in [0.2, 0.25) is 0 Å². The topological polar surface area (TPSA) is 113 Å². The Morgan fingerprint density at radius 1 is 0.910 bits per heavy atom. The Bertz CT molecular complexity index is 2510. The van der Waals surface area contributed by atoms with Crippen molar-refractivity contribution in [2.24, 2.45) is 11.7 Å². The molecule has 0 saturated carbocycles. The van der Waals surface area contributed by atoms with Crippen molar-refractivity contribution < 1.29 is 18.5 Å². The zero-order chi connectivity index (χ0) is 48.7. The van der Waals surface area contributed by atoms with E-state index in [2.05, 4.69) is 156 Å². The smallest absolute Gasteiger partial charge is 0.358 e. The van der Waals surface area contributed by atoms with Gasteiger partial charge >= 0.3 is 17.5 Å². The molecule has 1 unspecified atom stereocenters. The number of aryl methyl sites for hydroxylation is 1. The maximum Gasteiger partial charge on any atom is 0.358 e. The second-order valence-corrected chi connectivity index (χ2v) is 20.1. The van der Waals surface area contributed by atoms with Crippen LogP contribution in [-0.2, 0) is 24.8 Å². The summed E-state index contributed by atoms with van der Waals surface area (Å²) in [6.45, 7) is 21.3. The van der Waals surface area contributed by atoms with Gasteiger partial charge < -0.3 is 25.7 Å². The monoisotopic (exact) mass is 960 g/mol. The first-order valence-corrected chi connectivity index (χ1v) is 26.4. The standard InChI is InChI=1S/C51H56N2O3S2.C4H11NOS.C2H6/c1-8-14-40-33(3)17-25-42-46(40)50(4,5)44(53(42)29-12-13-30-57)27-19-35-31-37(49(54)55-9-2)32-36(48(35)58-39-23-21-38(52)22-24-39)20-28-45-51(6,7)47-41-16-11-10-15-34(41)18-26-43(47)56-45;5-3-1-2-4-7-6;1-2/h8,10-11,14-28,37H,9,12-13,29-32,52H2,1-7H3;6H,1-5H2;1-2H3/p+1/b14-8-,28-20+,35-19+,44-27+;;. The molecular weight excluding hydrogens is 887 g/mol. The van der Waals surface area contributed by atoms with Gasteiger partial charge in [-0.3, -0.25) is 4.79 Å². The van der Waals surface area contributed by atoms with Gasteiger partial charge in [-0.05, 0) is 185 Å². The molecule has 0 spiro atoms. The van der Waals surface area contributed by atoms with Crippen molar-refractivity contribution in [3.8, 4) is 5.75 Å². The molecule has 0 radical (unpaired) electrons. The first-order chi connectivity index (χ1) is 32.3. The van der Waals surface area contributed by atoms with Crippen LogP contribution in [0.25, 0.3) is 16.8 Å². The second kappa shape index (κ2) is 25.2. The van der Waals surface area contributed by atoms with Crippen molar-refractivity contribution in [2.45, 2.75) is 117 Å². The number of allylic oxidation sites excluding steroid dienone is 8. The van der Waals surface area contributed by atoms with E-state index in [1.165, 1.54) is 44.4 Å². The average molecular weight is 961 g/mol. The molecule has 1 atom stereocenters. The van der Waals surface area contributed by atoms with E-state index >= 15 is 0 Å². The molecule has 4 aromatic rings. The summed E-state index contributed by atoms with van der Waals surface area (Å²) in [7, 11) is 0. The van der Waals surface area contributed by atoms with Gasteiger partial charge in [-0.1, -0.05) is 88.0 Å². The summed E-state index contributed by atoms with van der Waals surface area (Å²) in [5.74, 6) is 2.95. The van der Waals surface area contributed by atoms with E-state index < -0.39 is 0 Å². The van der Waals surface area contributed by atoms with Crippen LogP contribution in [-0.4, -0.2) is 47.5 Å². The summed E-state index contributed by atoms with van der Waals surface area (Å²) in [5, 5.41) is 2.40. The number of ketones is 1. The van der Waals surface area contributed by atoms with Gasteiger partial charge in [0, 0.05) is 56.7 Å². The Kier molecular flexibility index (Phi) is 20.2. The van der Waals surface area contributed by atoms with E-state index in [4.69, 9.17) is 25.2 Å². The third kappa shape index (κ3) is 12.6. The fourth-order valence-corrected chi connectivity index (χ4v) is 10.9. The van der Waals surface area contributed by atoms with Gasteiger partial charge in [-0.25, -0.2) is 4.42 Å². The van der Waals surface area contributed by atoms with Gasteiger partial charge in [0.05, 0.1) is 18.1 Å². The predicted molar refractivity (Wildman–Crippen MR) is 294 cm³/mol. The second-order valence-electron chi connectivity index (χ2n) is 17.9. The summed E-state index contributed by atoms with van der Waals surface area (Å²) in [5.41, 5.74) is 21.2. The number of hydrogen-bond acceptors (Lipinski definition) is 9. The minimum absolute atomic E-state index is 0.166. The highest BCUT2D eigenvalue weighted by Crippen LogP contribution is 2.52.